The maximum Gasteiger partial charge on any atom is 0.323 e. The molecule has 1 aromatic carbocycles. The van der Waals surface area contributed by atoms with Gasteiger partial charge < -0.3 is 10.6 Å². The Bertz CT molecular complexity index is 833. The normalized spacial score (nSPS) is 10.0. The molecule has 3 aromatic rings. The Kier molecular flexibility index (Phi) is 3.50. The van der Waals surface area contributed by atoms with Crippen LogP contribution >= 0.6 is 11.3 Å². The topological polar surface area (TPSA) is 77.8 Å². The van der Waals surface area contributed by atoms with Gasteiger partial charge in [0.25, 0.3) is 0 Å². The zero-order valence-corrected chi connectivity index (χ0v) is 11.6. The van der Waals surface area contributed by atoms with Gasteiger partial charge in [-0.15, -0.1) is 11.3 Å². The van der Waals surface area contributed by atoms with E-state index in [1.807, 2.05) is 35.7 Å². The van der Waals surface area contributed by atoms with Gasteiger partial charge in [-0.05, 0) is 41.1 Å². The maximum absolute atomic E-state index is 11.9. The van der Waals surface area contributed by atoms with Crippen molar-refractivity contribution in [3.05, 3.63) is 53.7 Å². The number of nitrogens with zero attached hydrogens (tertiary/aromatic N) is 2. The number of benzene rings is 1. The first kappa shape index (κ1) is 13.1. The van der Waals surface area contributed by atoms with Crippen molar-refractivity contribution in [1.29, 1.82) is 5.26 Å². The van der Waals surface area contributed by atoms with Crippen LogP contribution in [-0.4, -0.2) is 11.0 Å². The standard InChI is InChI=1S/C15H10N4OS/c16-8-12-3-4-13(9-17-12)19-15(20)18-11-2-1-10-5-6-21-14(10)7-11/h1-7,9H,(H2,18,19,20). The van der Waals surface area contributed by atoms with Crippen LogP contribution < -0.4 is 10.6 Å². The van der Waals surface area contributed by atoms with Gasteiger partial charge in [0.05, 0.1) is 11.9 Å². The molecule has 0 aliphatic heterocycles. The van der Waals surface area contributed by atoms with E-state index >= 15 is 0 Å². The number of hydrogen-bond donors (Lipinski definition) is 2. The highest BCUT2D eigenvalue weighted by molar-refractivity contribution is 7.17. The number of urea groups is 1. The second-order valence-corrected chi connectivity index (χ2v) is 5.24. The summed E-state index contributed by atoms with van der Waals surface area (Å²) in [5, 5.41) is 17.3. The Labute approximate surface area is 124 Å². The van der Waals surface area contributed by atoms with Crippen LogP contribution in [-0.2, 0) is 0 Å². The molecule has 2 aromatic heterocycles. The van der Waals surface area contributed by atoms with E-state index in [4.69, 9.17) is 5.26 Å². The van der Waals surface area contributed by atoms with E-state index in [0.29, 0.717) is 11.4 Å². The molecule has 0 bridgehead atoms. The molecule has 0 spiro atoms. The molecule has 2 heterocycles. The van der Waals surface area contributed by atoms with Crippen molar-refractivity contribution in [1.82, 2.24) is 4.98 Å². The number of anilines is 2. The van der Waals surface area contributed by atoms with Crippen LogP contribution in [0.4, 0.5) is 16.2 Å². The first-order valence-corrected chi connectivity index (χ1v) is 7.04. The van der Waals surface area contributed by atoms with Gasteiger partial charge >= 0.3 is 6.03 Å². The lowest BCUT2D eigenvalue weighted by Crippen LogP contribution is -2.19. The molecule has 0 fully saturated rings. The summed E-state index contributed by atoms with van der Waals surface area (Å²) >= 11 is 1.62. The number of nitrogens with one attached hydrogen (secondary N) is 2. The molecule has 5 nitrogen and oxygen atoms in total. The molecule has 0 saturated heterocycles. The van der Waals surface area contributed by atoms with Gasteiger partial charge in [0.1, 0.15) is 11.8 Å². The SMILES string of the molecule is N#Cc1ccc(NC(=O)Nc2ccc3ccsc3c2)cn1. The van der Waals surface area contributed by atoms with E-state index in [1.54, 1.807) is 23.5 Å². The van der Waals surface area contributed by atoms with E-state index in [-0.39, 0.29) is 6.03 Å². The van der Waals surface area contributed by atoms with Crippen LogP contribution in [0.25, 0.3) is 10.1 Å². The largest absolute Gasteiger partial charge is 0.323 e. The Hall–Kier alpha value is -2.91. The lowest BCUT2D eigenvalue weighted by Gasteiger charge is -2.07. The Morgan fingerprint density at radius 1 is 1.14 bits per heavy atom. The molecule has 2 N–H and O–H groups in total. The zero-order chi connectivity index (χ0) is 14.7. The lowest BCUT2D eigenvalue weighted by molar-refractivity contribution is 0.262. The predicted octanol–water partition coefficient (Wildman–Crippen LogP) is 3.81. The van der Waals surface area contributed by atoms with E-state index in [9.17, 15) is 4.79 Å². The molecular formula is C15H10N4OS. The van der Waals surface area contributed by atoms with E-state index in [0.717, 1.165) is 15.8 Å². The number of hydrogen-bond acceptors (Lipinski definition) is 4. The number of carbonyl (C=O) groups excluding carboxylic acids is 1. The minimum absolute atomic E-state index is 0.309. The fraction of sp³-hybridized carbons (Fsp3) is 0. The van der Waals surface area contributed by atoms with Crippen molar-refractivity contribution >= 4 is 38.8 Å². The predicted molar refractivity (Wildman–Crippen MR) is 83.4 cm³/mol. The van der Waals surface area contributed by atoms with Crippen molar-refractivity contribution in [2.24, 2.45) is 0 Å². The zero-order valence-electron chi connectivity index (χ0n) is 10.8. The van der Waals surface area contributed by atoms with Crippen LogP contribution in [0, 0.1) is 11.3 Å². The summed E-state index contributed by atoms with van der Waals surface area (Å²) < 4.78 is 1.12. The van der Waals surface area contributed by atoms with Crippen LogP contribution in [0.15, 0.2) is 48.0 Å². The number of carbonyl (C=O) groups is 1. The smallest absolute Gasteiger partial charge is 0.308 e. The fourth-order valence-electron chi connectivity index (χ4n) is 1.86. The van der Waals surface area contributed by atoms with Gasteiger partial charge in [-0.25, -0.2) is 9.78 Å². The molecule has 0 aliphatic carbocycles. The Morgan fingerprint density at radius 3 is 2.71 bits per heavy atom. The summed E-state index contributed by atoms with van der Waals surface area (Å²) in [5.41, 5.74) is 1.57. The summed E-state index contributed by atoms with van der Waals surface area (Å²) in [5.74, 6) is 0. The summed E-state index contributed by atoms with van der Waals surface area (Å²) in [6.07, 6.45) is 1.45. The van der Waals surface area contributed by atoms with Crippen molar-refractivity contribution in [3.8, 4) is 6.07 Å². The molecule has 6 heteroatoms. The number of fused-ring (bicyclic) bond motifs is 1. The number of amides is 2. The quantitative estimate of drug-likeness (QED) is 0.754. The van der Waals surface area contributed by atoms with Crippen LogP contribution in [0.2, 0.25) is 0 Å². The molecule has 2 amide bonds. The summed E-state index contributed by atoms with van der Waals surface area (Å²) in [7, 11) is 0. The van der Waals surface area contributed by atoms with Gasteiger partial charge in [0.15, 0.2) is 0 Å². The van der Waals surface area contributed by atoms with Crippen LogP contribution in [0.3, 0.4) is 0 Å². The number of nitriles is 1. The summed E-state index contributed by atoms with van der Waals surface area (Å²) in [6.45, 7) is 0. The average molecular weight is 294 g/mol. The van der Waals surface area contributed by atoms with Gasteiger partial charge in [-0.3, -0.25) is 0 Å². The highest BCUT2D eigenvalue weighted by Gasteiger charge is 2.04. The molecule has 3 rings (SSSR count). The molecule has 21 heavy (non-hydrogen) atoms. The molecule has 0 aliphatic rings. The third-order valence-corrected chi connectivity index (χ3v) is 3.73. The summed E-state index contributed by atoms with van der Waals surface area (Å²) in [4.78, 5) is 15.8. The van der Waals surface area contributed by atoms with Gasteiger partial charge in [-0.2, -0.15) is 5.26 Å². The first-order valence-electron chi connectivity index (χ1n) is 6.16. The second kappa shape index (κ2) is 5.61. The number of pyridine rings is 1. The third kappa shape index (κ3) is 2.99. The number of rotatable bonds is 2. The van der Waals surface area contributed by atoms with Gasteiger partial charge in [-0.1, -0.05) is 6.07 Å². The first-order chi connectivity index (χ1) is 10.2. The molecule has 0 radical (unpaired) electrons. The van der Waals surface area contributed by atoms with Crippen LogP contribution in [0.1, 0.15) is 5.69 Å². The second-order valence-electron chi connectivity index (χ2n) is 4.30. The molecule has 0 unspecified atom stereocenters. The van der Waals surface area contributed by atoms with E-state index < -0.39 is 0 Å². The lowest BCUT2D eigenvalue weighted by atomic mass is 10.2. The van der Waals surface area contributed by atoms with E-state index in [1.165, 1.54) is 6.20 Å². The summed E-state index contributed by atoms with van der Waals surface area (Å²) in [6, 6.07) is 12.5. The monoisotopic (exact) mass is 294 g/mol. The molecule has 0 saturated carbocycles. The molecule has 0 atom stereocenters. The number of aromatic nitrogens is 1. The minimum Gasteiger partial charge on any atom is -0.308 e. The van der Waals surface area contributed by atoms with Crippen molar-refractivity contribution in [3.63, 3.8) is 0 Å². The van der Waals surface area contributed by atoms with Crippen molar-refractivity contribution < 1.29 is 4.79 Å². The highest BCUT2D eigenvalue weighted by atomic mass is 32.1. The van der Waals surface area contributed by atoms with Gasteiger partial charge in [0, 0.05) is 10.4 Å². The average Bonchev–Trinajstić information content (AvgIpc) is 2.95. The van der Waals surface area contributed by atoms with Crippen molar-refractivity contribution in [2.75, 3.05) is 10.6 Å². The fourth-order valence-corrected chi connectivity index (χ4v) is 2.69. The third-order valence-electron chi connectivity index (χ3n) is 2.85. The minimum atomic E-state index is -0.350. The van der Waals surface area contributed by atoms with Gasteiger partial charge in [0.2, 0.25) is 0 Å². The van der Waals surface area contributed by atoms with E-state index in [2.05, 4.69) is 15.6 Å². The molecular weight excluding hydrogens is 284 g/mol. The Balaban J connectivity index is 1.69. The highest BCUT2D eigenvalue weighted by Crippen LogP contribution is 2.24. The van der Waals surface area contributed by atoms with Crippen LogP contribution in [0.5, 0.6) is 0 Å². The van der Waals surface area contributed by atoms with Crippen molar-refractivity contribution in [2.45, 2.75) is 0 Å². The molecule has 102 valence electrons. The number of thiophene rings is 1. The Morgan fingerprint density at radius 2 is 1.95 bits per heavy atom. The maximum atomic E-state index is 11.9.